The second kappa shape index (κ2) is 5.53. The molecule has 1 heterocycles. The topological polar surface area (TPSA) is 47.0 Å². The Morgan fingerprint density at radius 2 is 2.11 bits per heavy atom. The smallest absolute Gasteiger partial charge is 0.137 e. The summed E-state index contributed by atoms with van der Waals surface area (Å²) in [5, 5.41) is 4.64. The lowest BCUT2D eigenvalue weighted by Gasteiger charge is -2.29. The number of fused-ring (bicyclic) bond motifs is 1. The highest BCUT2D eigenvalue weighted by atomic mass is 16.5. The van der Waals surface area contributed by atoms with Gasteiger partial charge in [0.25, 0.3) is 0 Å². The summed E-state index contributed by atoms with van der Waals surface area (Å²) in [4.78, 5) is 8.68. The second-order valence-corrected chi connectivity index (χ2v) is 5.11. The van der Waals surface area contributed by atoms with Crippen LogP contribution in [0.3, 0.4) is 0 Å². The first-order valence-corrected chi connectivity index (χ1v) is 6.86. The Hall–Kier alpha value is -1.68. The first kappa shape index (κ1) is 12.4. The Kier molecular flexibility index (Phi) is 3.60. The van der Waals surface area contributed by atoms with Gasteiger partial charge in [-0.15, -0.1) is 0 Å². The number of para-hydroxylation sites is 1. The summed E-state index contributed by atoms with van der Waals surface area (Å²) >= 11 is 0. The van der Waals surface area contributed by atoms with Gasteiger partial charge >= 0.3 is 0 Å². The fraction of sp³-hybridized carbons (Fsp3) is 0.467. The maximum absolute atomic E-state index is 5.47. The molecule has 1 N–H and O–H groups in total. The molecule has 1 aliphatic rings. The Labute approximate surface area is 113 Å². The number of nitrogens with zero attached hydrogens (tertiary/aromatic N) is 2. The van der Waals surface area contributed by atoms with E-state index in [-0.39, 0.29) is 0 Å². The molecule has 2 unspecified atom stereocenters. The van der Waals surface area contributed by atoms with E-state index in [4.69, 9.17) is 4.74 Å². The van der Waals surface area contributed by atoms with Crippen LogP contribution in [0, 0.1) is 0 Å². The minimum absolute atomic E-state index is 0.374. The fourth-order valence-corrected chi connectivity index (χ4v) is 2.80. The van der Waals surface area contributed by atoms with Crippen LogP contribution < -0.4 is 5.32 Å². The van der Waals surface area contributed by atoms with Crippen LogP contribution in [0.1, 0.15) is 25.7 Å². The molecule has 0 bridgehead atoms. The van der Waals surface area contributed by atoms with Crippen molar-refractivity contribution in [2.24, 2.45) is 0 Å². The number of ether oxygens (including phenoxy) is 1. The Bertz CT molecular complexity index is 553. The van der Waals surface area contributed by atoms with Gasteiger partial charge in [0.15, 0.2) is 0 Å². The van der Waals surface area contributed by atoms with Crippen molar-refractivity contribution >= 4 is 16.7 Å². The molecule has 0 saturated heterocycles. The highest BCUT2D eigenvalue weighted by Crippen LogP contribution is 2.26. The van der Waals surface area contributed by atoms with Gasteiger partial charge in [0.05, 0.1) is 11.6 Å². The summed E-state index contributed by atoms with van der Waals surface area (Å²) in [5.41, 5.74) is 0.985. The maximum Gasteiger partial charge on any atom is 0.137 e. The number of benzene rings is 1. The highest BCUT2D eigenvalue weighted by molar-refractivity contribution is 5.88. The van der Waals surface area contributed by atoms with Gasteiger partial charge in [0, 0.05) is 18.5 Å². The predicted octanol–water partition coefficient (Wildman–Crippen LogP) is 3.00. The zero-order chi connectivity index (χ0) is 13.1. The SMILES string of the molecule is COC1CCCC(Nc2ncnc3ccccc23)C1. The lowest BCUT2D eigenvalue weighted by molar-refractivity contribution is 0.0669. The second-order valence-electron chi connectivity index (χ2n) is 5.11. The number of nitrogens with one attached hydrogen (secondary N) is 1. The highest BCUT2D eigenvalue weighted by Gasteiger charge is 2.22. The molecular weight excluding hydrogens is 238 g/mol. The maximum atomic E-state index is 5.47. The van der Waals surface area contributed by atoms with Crippen molar-refractivity contribution in [1.82, 2.24) is 9.97 Å². The van der Waals surface area contributed by atoms with Gasteiger partial charge in [-0.05, 0) is 37.8 Å². The number of aromatic nitrogens is 2. The van der Waals surface area contributed by atoms with Crippen molar-refractivity contribution in [1.29, 1.82) is 0 Å². The number of methoxy groups -OCH3 is 1. The van der Waals surface area contributed by atoms with Gasteiger partial charge in [-0.2, -0.15) is 0 Å². The summed E-state index contributed by atoms with van der Waals surface area (Å²) in [6.07, 6.45) is 6.60. The lowest BCUT2D eigenvalue weighted by atomic mass is 9.93. The van der Waals surface area contributed by atoms with E-state index in [0.717, 1.165) is 23.1 Å². The molecule has 1 aromatic heterocycles. The zero-order valence-corrected chi connectivity index (χ0v) is 11.2. The van der Waals surface area contributed by atoms with E-state index in [0.29, 0.717) is 12.1 Å². The predicted molar refractivity (Wildman–Crippen MR) is 76.2 cm³/mol. The van der Waals surface area contributed by atoms with Crippen LogP contribution in [0.25, 0.3) is 10.9 Å². The molecule has 0 spiro atoms. The van der Waals surface area contributed by atoms with Crippen LogP contribution in [0.15, 0.2) is 30.6 Å². The molecule has 1 fully saturated rings. The third kappa shape index (κ3) is 2.68. The molecule has 4 nitrogen and oxygen atoms in total. The summed E-state index contributed by atoms with van der Waals surface area (Å²) in [6.45, 7) is 0. The number of rotatable bonds is 3. The van der Waals surface area contributed by atoms with E-state index in [1.807, 2.05) is 18.2 Å². The van der Waals surface area contributed by atoms with Crippen molar-refractivity contribution < 1.29 is 4.74 Å². The molecule has 4 heteroatoms. The molecule has 0 radical (unpaired) electrons. The number of hydrogen-bond donors (Lipinski definition) is 1. The first-order chi connectivity index (χ1) is 9.36. The summed E-state index contributed by atoms with van der Waals surface area (Å²) in [5.74, 6) is 0.937. The largest absolute Gasteiger partial charge is 0.381 e. The van der Waals surface area contributed by atoms with Gasteiger partial charge in [0.1, 0.15) is 12.1 Å². The molecule has 19 heavy (non-hydrogen) atoms. The van der Waals surface area contributed by atoms with Gasteiger partial charge in [0.2, 0.25) is 0 Å². The lowest BCUT2D eigenvalue weighted by Crippen LogP contribution is -2.31. The van der Waals surface area contributed by atoms with E-state index in [1.165, 1.54) is 19.3 Å². The molecule has 1 saturated carbocycles. The van der Waals surface area contributed by atoms with Crippen molar-refractivity contribution in [2.75, 3.05) is 12.4 Å². The molecule has 0 amide bonds. The molecule has 3 rings (SSSR count). The van der Waals surface area contributed by atoms with E-state index in [9.17, 15) is 0 Å². The molecule has 2 aromatic rings. The molecule has 0 aliphatic heterocycles. The Balaban J connectivity index is 1.81. The third-order valence-electron chi connectivity index (χ3n) is 3.84. The summed E-state index contributed by atoms with van der Waals surface area (Å²) < 4.78 is 5.47. The normalized spacial score (nSPS) is 23.4. The van der Waals surface area contributed by atoms with Crippen LogP contribution in [0.5, 0.6) is 0 Å². The zero-order valence-electron chi connectivity index (χ0n) is 11.2. The molecule has 2 atom stereocenters. The average Bonchev–Trinajstić information content (AvgIpc) is 2.48. The Morgan fingerprint density at radius 1 is 1.21 bits per heavy atom. The molecule has 100 valence electrons. The molecule has 1 aromatic carbocycles. The van der Waals surface area contributed by atoms with E-state index < -0.39 is 0 Å². The van der Waals surface area contributed by atoms with Crippen LogP contribution in [-0.4, -0.2) is 29.2 Å². The average molecular weight is 257 g/mol. The van der Waals surface area contributed by atoms with Gasteiger partial charge in [-0.3, -0.25) is 0 Å². The minimum Gasteiger partial charge on any atom is -0.381 e. The van der Waals surface area contributed by atoms with Crippen LogP contribution in [0.4, 0.5) is 5.82 Å². The summed E-state index contributed by atoms with van der Waals surface area (Å²) in [7, 11) is 1.80. The molecular formula is C15H19N3O. The standard InChI is InChI=1S/C15H19N3O/c1-19-12-6-4-5-11(9-12)18-15-13-7-2-3-8-14(13)16-10-17-15/h2-3,7-8,10-12H,4-6,9H2,1H3,(H,16,17,18). The van der Waals surface area contributed by atoms with E-state index in [2.05, 4.69) is 21.4 Å². The van der Waals surface area contributed by atoms with E-state index in [1.54, 1.807) is 13.4 Å². The quantitative estimate of drug-likeness (QED) is 0.918. The van der Waals surface area contributed by atoms with Crippen molar-refractivity contribution in [3.8, 4) is 0 Å². The number of hydrogen-bond acceptors (Lipinski definition) is 4. The first-order valence-electron chi connectivity index (χ1n) is 6.86. The summed E-state index contributed by atoms with van der Waals surface area (Å²) in [6, 6.07) is 8.54. The van der Waals surface area contributed by atoms with Crippen molar-refractivity contribution in [3.63, 3.8) is 0 Å². The number of anilines is 1. The van der Waals surface area contributed by atoms with E-state index >= 15 is 0 Å². The van der Waals surface area contributed by atoms with Gasteiger partial charge in [-0.1, -0.05) is 12.1 Å². The van der Waals surface area contributed by atoms with Crippen molar-refractivity contribution in [3.05, 3.63) is 30.6 Å². The van der Waals surface area contributed by atoms with Crippen molar-refractivity contribution in [2.45, 2.75) is 37.8 Å². The fourth-order valence-electron chi connectivity index (χ4n) is 2.80. The van der Waals surface area contributed by atoms with Crippen LogP contribution >= 0.6 is 0 Å². The monoisotopic (exact) mass is 257 g/mol. The van der Waals surface area contributed by atoms with Crippen LogP contribution in [-0.2, 0) is 4.74 Å². The Morgan fingerprint density at radius 3 is 3.00 bits per heavy atom. The van der Waals surface area contributed by atoms with Gasteiger partial charge < -0.3 is 10.1 Å². The third-order valence-corrected chi connectivity index (χ3v) is 3.84. The van der Waals surface area contributed by atoms with Crippen LogP contribution in [0.2, 0.25) is 0 Å². The minimum atomic E-state index is 0.374. The molecule has 1 aliphatic carbocycles. The van der Waals surface area contributed by atoms with Gasteiger partial charge in [-0.25, -0.2) is 9.97 Å².